The Labute approximate surface area is 283 Å². The molecule has 3 heterocycles. The number of ether oxygens (including phenoxy) is 1. The summed E-state index contributed by atoms with van der Waals surface area (Å²) in [5.74, 6) is 5.11. The molecule has 2 aromatic carbocycles. The number of anilines is 4. The van der Waals surface area contributed by atoms with Gasteiger partial charge in [0.25, 0.3) is 0 Å². The lowest BCUT2D eigenvalue weighted by Crippen LogP contribution is -2.08. The fourth-order valence-corrected chi connectivity index (χ4v) is 6.53. The van der Waals surface area contributed by atoms with Gasteiger partial charge in [-0.25, -0.2) is 19.2 Å². The Morgan fingerprint density at radius 1 is 1.08 bits per heavy atom. The van der Waals surface area contributed by atoms with E-state index in [9.17, 15) is 14.3 Å². The van der Waals surface area contributed by atoms with Crippen LogP contribution in [-0.2, 0) is 12.8 Å². The number of aryl methyl sites for hydroxylation is 1. The minimum absolute atomic E-state index is 0.0816. The lowest BCUT2D eigenvalue weighted by atomic mass is 10.1. The van der Waals surface area contributed by atoms with Crippen LogP contribution in [0.5, 0.6) is 5.75 Å². The molecule has 0 unspecified atom stereocenters. The number of halogens is 1. The quantitative estimate of drug-likeness (QED) is 0.0294. The van der Waals surface area contributed by atoms with Crippen molar-refractivity contribution in [1.29, 1.82) is 0 Å². The van der Waals surface area contributed by atoms with Gasteiger partial charge in [-0.15, -0.1) is 21.5 Å². The van der Waals surface area contributed by atoms with Gasteiger partial charge in [0.1, 0.15) is 0 Å². The second-order valence-corrected chi connectivity index (χ2v) is 12.4. The number of carboxylic acid groups (broad SMARTS) is 1. The first-order valence-electron chi connectivity index (χ1n) is 14.9. The summed E-state index contributed by atoms with van der Waals surface area (Å²) in [7, 11) is 1.78. The van der Waals surface area contributed by atoms with Crippen molar-refractivity contribution in [3.05, 3.63) is 86.0 Å². The third-order valence-electron chi connectivity index (χ3n) is 6.97. The molecule has 3 aromatic heterocycles. The standard InChI is InChI=1S/C32H31FN10O3S2/c1-19-21(9-6-16-36-43-34)29(42-41-28(19)39-31-37-23-10-3-4-11-25(23)47-31)40-32-38-27(30(44)45)26(48-32)12-7-17-46-24-14-13-20(18-22(24)33)8-5-15-35-2/h3-4,10-11,13-14,18,35H,6-7,9,12,15-17H2,1-2H3,(H,44,45)(H,37,39,41)(H,38,40,42). The number of azide groups is 1. The molecule has 5 aromatic rings. The third-order valence-corrected chi connectivity index (χ3v) is 8.95. The number of aromatic nitrogens is 4. The molecule has 0 aliphatic rings. The molecule has 0 fully saturated rings. The van der Waals surface area contributed by atoms with Crippen LogP contribution in [-0.4, -0.2) is 58.0 Å². The summed E-state index contributed by atoms with van der Waals surface area (Å²) in [6.07, 6.45) is 1.85. The van der Waals surface area contributed by atoms with Crippen LogP contribution in [0.3, 0.4) is 0 Å². The Morgan fingerprint density at radius 3 is 2.65 bits per heavy atom. The maximum Gasteiger partial charge on any atom is 0.355 e. The summed E-state index contributed by atoms with van der Waals surface area (Å²) < 4.78 is 21.2. The highest BCUT2D eigenvalue weighted by molar-refractivity contribution is 7.22. The number of thiazole rings is 2. The van der Waals surface area contributed by atoms with Crippen LogP contribution < -0.4 is 20.7 Å². The topological polar surface area (TPSA) is 183 Å². The number of carbonyl (C=O) groups is 1. The number of aromatic carboxylic acids is 1. The lowest BCUT2D eigenvalue weighted by Gasteiger charge is -2.14. The fraction of sp³-hybridized carbons (Fsp3) is 0.281. The molecule has 0 atom stereocenters. The van der Waals surface area contributed by atoms with Crippen LogP contribution in [0, 0.1) is 24.6 Å². The Balaban J connectivity index is 1.29. The molecule has 0 spiro atoms. The Hall–Kier alpha value is -5.33. The Morgan fingerprint density at radius 2 is 1.88 bits per heavy atom. The average molecular weight is 687 g/mol. The van der Waals surface area contributed by atoms with E-state index in [1.54, 1.807) is 13.1 Å². The van der Waals surface area contributed by atoms with Gasteiger partial charge in [0.05, 0.1) is 23.4 Å². The molecule has 13 nitrogen and oxygen atoms in total. The minimum Gasteiger partial charge on any atom is -0.491 e. The third kappa shape index (κ3) is 8.72. The molecule has 5 rings (SSSR count). The SMILES string of the molecule is CNCC#Cc1ccc(OCCCc2sc(Nc3nnc(Nc4nc5ccccc5s4)c(C)c3CCCN=[N+]=[N-])nc2C(=O)O)c(F)c1. The van der Waals surface area contributed by atoms with Crippen molar-refractivity contribution >= 4 is 60.8 Å². The molecule has 0 aliphatic carbocycles. The van der Waals surface area contributed by atoms with Crippen LogP contribution in [0.1, 0.15) is 44.9 Å². The molecule has 246 valence electrons. The summed E-state index contributed by atoms with van der Waals surface area (Å²) in [4.78, 5) is 24.4. The maximum atomic E-state index is 14.5. The second-order valence-electron chi connectivity index (χ2n) is 10.3. The van der Waals surface area contributed by atoms with Crippen LogP contribution in [0.2, 0.25) is 0 Å². The van der Waals surface area contributed by atoms with Gasteiger partial charge in [0.15, 0.2) is 39.2 Å². The maximum absolute atomic E-state index is 14.5. The average Bonchev–Trinajstić information content (AvgIpc) is 3.68. The van der Waals surface area contributed by atoms with Gasteiger partial charge in [-0.05, 0) is 75.5 Å². The summed E-state index contributed by atoms with van der Waals surface area (Å²) in [6, 6.07) is 12.3. The number of nitrogens with one attached hydrogen (secondary N) is 3. The number of fused-ring (bicyclic) bond motifs is 1. The molecule has 48 heavy (non-hydrogen) atoms. The van der Waals surface area contributed by atoms with Crippen LogP contribution >= 0.6 is 22.7 Å². The van der Waals surface area contributed by atoms with Crippen molar-refractivity contribution in [1.82, 2.24) is 25.5 Å². The van der Waals surface area contributed by atoms with Crippen LogP contribution in [0.25, 0.3) is 20.7 Å². The van der Waals surface area contributed by atoms with Gasteiger partial charge < -0.3 is 25.8 Å². The van der Waals surface area contributed by atoms with Gasteiger partial charge in [-0.3, -0.25) is 0 Å². The van der Waals surface area contributed by atoms with E-state index in [-0.39, 0.29) is 18.1 Å². The largest absolute Gasteiger partial charge is 0.491 e. The molecular formula is C32H31FN10O3S2. The van der Waals surface area contributed by atoms with Crippen molar-refractivity contribution in [3.63, 3.8) is 0 Å². The first-order valence-corrected chi connectivity index (χ1v) is 16.5. The number of para-hydroxylation sites is 1. The first-order chi connectivity index (χ1) is 23.4. The minimum atomic E-state index is -1.16. The van der Waals surface area contributed by atoms with Crippen molar-refractivity contribution in [3.8, 4) is 17.6 Å². The van der Waals surface area contributed by atoms with E-state index in [1.165, 1.54) is 34.8 Å². The number of rotatable bonds is 15. The molecular weight excluding hydrogens is 656 g/mol. The number of carboxylic acids is 1. The summed E-state index contributed by atoms with van der Waals surface area (Å²) in [5.41, 5.74) is 11.7. The van der Waals surface area contributed by atoms with Crippen molar-refractivity contribution in [2.75, 3.05) is 37.4 Å². The van der Waals surface area contributed by atoms with Crippen molar-refractivity contribution in [2.24, 2.45) is 5.11 Å². The molecule has 0 bridgehead atoms. The summed E-state index contributed by atoms with van der Waals surface area (Å²) >= 11 is 2.68. The number of nitrogens with zero attached hydrogens (tertiary/aromatic N) is 7. The Bertz CT molecular complexity index is 2000. The van der Waals surface area contributed by atoms with Crippen molar-refractivity contribution < 1.29 is 19.0 Å². The van der Waals surface area contributed by atoms with E-state index >= 15 is 0 Å². The fourth-order valence-electron chi connectivity index (χ4n) is 4.67. The highest BCUT2D eigenvalue weighted by Gasteiger charge is 2.20. The molecule has 4 N–H and O–H groups in total. The van der Waals surface area contributed by atoms with Crippen LogP contribution in [0.4, 0.5) is 26.3 Å². The van der Waals surface area contributed by atoms with Crippen molar-refractivity contribution in [2.45, 2.75) is 32.6 Å². The Kier molecular flexibility index (Phi) is 11.7. The zero-order chi connectivity index (χ0) is 33.9. The summed E-state index contributed by atoms with van der Waals surface area (Å²) in [5, 5.41) is 32.6. The van der Waals surface area contributed by atoms with E-state index in [4.69, 9.17) is 10.3 Å². The molecule has 16 heteroatoms. The smallest absolute Gasteiger partial charge is 0.355 e. The monoisotopic (exact) mass is 686 g/mol. The number of hydrogen-bond acceptors (Lipinski definition) is 12. The van der Waals surface area contributed by atoms with E-state index in [1.807, 2.05) is 31.2 Å². The van der Waals surface area contributed by atoms with E-state index < -0.39 is 11.8 Å². The molecule has 0 saturated heterocycles. The van der Waals surface area contributed by atoms with Crippen LogP contribution in [0.15, 0.2) is 47.6 Å². The molecule has 0 aliphatic heterocycles. The van der Waals surface area contributed by atoms with E-state index in [0.29, 0.717) is 71.1 Å². The molecule has 0 saturated carbocycles. The molecule has 0 radical (unpaired) electrons. The zero-order valence-electron chi connectivity index (χ0n) is 26.1. The number of hydrogen-bond donors (Lipinski definition) is 4. The second kappa shape index (κ2) is 16.5. The molecule has 0 amide bonds. The predicted octanol–water partition coefficient (Wildman–Crippen LogP) is 7.00. The number of benzene rings is 2. The van der Waals surface area contributed by atoms with Gasteiger partial charge in [0.2, 0.25) is 0 Å². The van der Waals surface area contributed by atoms with Gasteiger partial charge >= 0.3 is 5.97 Å². The van der Waals surface area contributed by atoms with E-state index in [2.05, 4.69) is 58.0 Å². The summed E-state index contributed by atoms with van der Waals surface area (Å²) in [6.45, 7) is 2.87. The normalized spacial score (nSPS) is 10.6. The zero-order valence-corrected chi connectivity index (χ0v) is 27.7. The van der Waals surface area contributed by atoms with Gasteiger partial charge in [0, 0.05) is 33.0 Å². The highest BCUT2D eigenvalue weighted by atomic mass is 32.1. The lowest BCUT2D eigenvalue weighted by molar-refractivity contribution is 0.0690. The van der Waals surface area contributed by atoms with E-state index in [0.717, 1.165) is 21.3 Å². The highest BCUT2D eigenvalue weighted by Crippen LogP contribution is 2.33. The first kappa shape index (κ1) is 34.0. The van der Waals surface area contributed by atoms with Gasteiger partial charge in [-0.2, -0.15) is 0 Å². The van der Waals surface area contributed by atoms with Gasteiger partial charge in [-0.1, -0.05) is 40.4 Å². The predicted molar refractivity (Wildman–Crippen MR) is 185 cm³/mol.